The number of rotatable bonds is 4. The van der Waals surface area contributed by atoms with Crippen LogP contribution in [0.25, 0.3) is 0 Å². The molecule has 0 spiro atoms. The Morgan fingerprint density at radius 3 is 1.00 bits per heavy atom. The Bertz CT molecular complexity index is 1810. The van der Waals surface area contributed by atoms with Crippen LogP contribution >= 0.6 is 116 Å². The first-order valence-corrected chi connectivity index (χ1v) is 15.5. The minimum atomic E-state index is -0.880. The van der Waals surface area contributed by atoms with Crippen molar-refractivity contribution in [2.75, 3.05) is 10.6 Å². The summed E-state index contributed by atoms with van der Waals surface area (Å²) >= 11 is 61.4. The molecule has 0 aliphatic heterocycles. The molecule has 2 amide bonds. The van der Waals surface area contributed by atoms with Crippen LogP contribution in [0.1, 0.15) is 52.6 Å². The van der Waals surface area contributed by atoms with Gasteiger partial charge in [0.25, 0.3) is 11.8 Å². The van der Waals surface area contributed by atoms with E-state index in [1.54, 1.807) is 0 Å². The van der Waals surface area contributed by atoms with Gasteiger partial charge in [0.1, 0.15) is 0 Å². The zero-order valence-corrected chi connectivity index (χ0v) is 28.4. The molecule has 16 heteroatoms. The monoisotopic (exact) mass is 786 g/mol. The van der Waals surface area contributed by atoms with Gasteiger partial charge in [-0.05, 0) is 12.1 Å². The molecule has 1 aliphatic rings. The number of halogens is 10. The lowest BCUT2D eigenvalue weighted by molar-refractivity contribution is 0.0977. The largest absolute Gasteiger partial charge is 0.321 e. The minimum Gasteiger partial charge on any atom is -0.321 e. The Balaban J connectivity index is 1.55. The molecule has 0 heterocycles. The van der Waals surface area contributed by atoms with Crippen molar-refractivity contribution in [2.45, 2.75) is 0 Å². The lowest BCUT2D eigenvalue weighted by Crippen LogP contribution is -2.26. The third-order valence-corrected chi connectivity index (χ3v) is 11.0. The number of nitrogens with one attached hydrogen (secondary N) is 2. The highest BCUT2D eigenvalue weighted by molar-refractivity contribution is 6.58. The van der Waals surface area contributed by atoms with E-state index in [4.69, 9.17) is 116 Å². The molecule has 0 saturated heterocycles. The maximum atomic E-state index is 13.8. The highest BCUT2D eigenvalue weighted by atomic mass is 35.5. The molecule has 1 aliphatic carbocycles. The van der Waals surface area contributed by atoms with Crippen LogP contribution in [-0.4, -0.2) is 23.4 Å². The van der Waals surface area contributed by atoms with E-state index >= 15 is 0 Å². The average molecular weight is 791 g/mol. The van der Waals surface area contributed by atoms with Gasteiger partial charge in [0.15, 0.2) is 11.6 Å². The molecule has 5 rings (SSSR count). The molecular formula is C28H8Cl10N2O4. The fourth-order valence-electron chi connectivity index (χ4n) is 4.43. The Labute approximate surface area is 298 Å². The minimum absolute atomic E-state index is 0.0377. The highest BCUT2D eigenvalue weighted by Gasteiger charge is 2.35. The van der Waals surface area contributed by atoms with Crippen molar-refractivity contribution in [1.29, 1.82) is 0 Å². The zero-order chi connectivity index (χ0) is 32.4. The Morgan fingerprint density at radius 2 is 0.705 bits per heavy atom. The Kier molecular flexibility index (Phi) is 9.64. The van der Waals surface area contributed by atoms with Gasteiger partial charge >= 0.3 is 0 Å². The number of anilines is 2. The van der Waals surface area contributed by atoms with Crippen LogP contribution in [0.15, 0.2) is 36.4 Å². The molecule has 0 saturated carbocycles. The molecular weight excluding hydrogens is 783 g/mol. The summed E-state index contributed by atoms with van der Waals surface area (Å²) in [4.78, 5) is 54.2. The topological polar surface area (TPSA) is 92.3 Å². The van der Waals surface area contributed by atoms with Crippen LogP contribution in [0.4, 0.5) is 11.4 Å². The first-order chi connectivity index (χ1) is 20.7. The molecule has 0 fully saturated rings. The van der Waals surface area contributed by atoms with E-state index in [2.05, 4.69) is 10.6 Å². The highest BCUT2D eigenvalue weighted by Crippen LogP contribution is 2.46. The number of hydrogen-bond donors (Lipinski definition) is 2. The SMILES string of the molecule is O=C1c2cccc(NC(=O)c3c(Cl)c(Cl)c(Cl)c(Cl)c3Cl)c2C(=O)c2cccc(NC(=O)c3c(Cl)c(Cl)c(Cl)c(Cl)c3Cl)c21. The van der Waals surface area contributed by atoms with Crippen LogP contribution in [0.5, 0.6) is 0 Å². The molecule has 0 atom stereocenters. The second-order valence-corrected chi connectivity index (χ2v) is 12.7. The van der Waals surface area contributed by atoms with Gasteiger partial charge in [-0.1, -0.05) is 140 Å². The number of hydrogen-bond acceptors (Lipinski definition) is 4. The first kappa shape index (κ1) is 33.4. The van der Waals surface area contributed by atoms with Gasteiger partial charge in [0.2, 0.25) is 0 Å². The summed E-state index contributed by atoms with van der Waals surface area (Å²) < 4.78 is 0. The van der Waals surface area contributed by atoms with E-state index < -0.39 is 23.4 Å². The van der Waals surface area contributed by atoms with E-state index in [1.165, 1.54) is 36.4 Å². The standard InChI is InChI=1S/C28H8Cl10N2O4/c29-15-13(16(30)20(34)23(37)19(15)33)27(43)39-9-5-1-3-7-11(9)26(42)8-4-2-6-10(12(8)25(7)41)40-28(44)14-17(31)21(35)24(38)22(36)18(14)32/h1-6H,(H,39,43)(H,40,44). The van der Waals surface area contributed by atoms with Crippen molar-refractivity contribution < 1.29 is 19.2 Å². The van der Waals surface area contributed by atoms with Crippen LogP contribution in [0, 0.1) is 0 Å². The van der Waals surface area contributed by atoms with Gasteiger partial charge < -0.3 is 10.6 Å². The second kappa shape index (κ2) is 12.7. The molecule has 44 heavy (non-hydrogen) atoms. The fourth-order valence-corrected chi connectivity index (χ4v) is 7.05. The van der Waals surface area contributed by atoms with Gasteiger partial charge in [0, 0.05) is 11.1 Å². The number of benzene rings is 4. The molecule has 0 aromatic heterocycles. The summed E-state index contributed by atoms with van der Waals surface area (Å²) in [5.74, 6) is -3.04. The van der Waals surface area contributed by atoms with Crippen molar-refractivity contribution in [3.63, 3.8) is 0 Å². The normalized spacial score (nSPS) is 12.1. The van der Waals surface area contributed by atoms with E-state index in [0.29, 0.717) is 0 Å². The van der Waals surface area contributed by atoms with Crippen molar-refractivity contribution in [3.05, 3.63) is 120 Å². The third-order valence-electron chi connectivity index (χ3n) is 6.44. The van der Waals surface area contributed by atoms with E-state index in [-0.39, 0.29) is 95.0 Å². The molecule has 0 radical (unpaired) electrons. The van der Waals surface area contributed by atoms with Gasteiger partial charge in [-0.2, -0.15) is 0 Å². The Morgan fingerprint density at radius 1 is 0.432 bits per heavy atom. The van der Waals surface area contributed by atoms with Gasteiger partial charge in [-0.25, -0.2) is 0 Å². The van der Waals surface area contributed by atoms with E-state index in [0.717, 1.165) is 0 Å². The fraction of sp³-hybridized carbons (Fsp3) is 0. The second-order valence-electron chi connectivity index (χ2n) is 8.91. The molecule has 4 aromatic rings. The number of carbonyl (C=O) groups excluding carboxylic acids is 4. The number of carbonyl (C=O) groups is 4. The number of fused-ring (bicyclic) bond motifs is 2. The van der Waals surface area contributed by atoms with Crippen LogP contribution < -0.4 is 10.6 Å². The summed E-state index contributed by atoms with van der Waals surface area (Å²) in [7, 11) is 0. The number of ketones is 2. The summed E-state index contributed by atoms with van der Waals surface area (Å²) in [5, 5.41) is 2.88. The third kappa shape index (κ3) is 5.43. The lowest BCUT2D eigenvalue weighted by Gasteiger charge is -2.23. The molecule has 6 nitrogen and oxygen atoms in total. The number of amides is 2. The van der Waals surface area contributed by atoms with Gasteiger partial charge in [-0.15, -0.1) is 0 Å². The maximum absolute atomic E-state index is 13.8. The summed E-state index contributed by atoms with van der Waals surface area (Å²) in [6.45, 7) is 0. The van der Waals surface area contributed by atoms with Crippen LogP contribution in [-0.2, 0) is 0 Å². The quantitative estimate of drug-likeness (QED) is 0.140. The van der Waals surface area contributed by atoms with Crippen molar-refractivity contribution in [3.8, 4) is 0 Å². The van der Waals surface area contributed by atoms with Gasteiger partial charge in [-0.3, -0.25) is 19.2 Å². The summed E-state index contributed by atoms with van der Waals surface area (Å²) in [6.07, 6.45) is 0. The van der Waals surface area contributed by atoms with Crippen molar-refractivity contribution >= 4 is 151 Å². The zero-order valence-electron chi connectivity index (χ0n) is 20.9. The van der Waals surface area contributed by atoms with Crippen molar-refractivity contribution in [2.24, 2.45) is 0 Å². The molecule has 4 aromatic carbocycles. The first-order valence-electron chi connectivity index (χ1n) is 11.7. The average Bonchev–Trinajstić information content (AvgIpc) is 2.99. The summed E-state index contributed by atoms with van der Waals surface area (Å²) in [6, 6.07) is 8.45. The molecule has 0 bridgehead atoms. The molecule has 0 unspecified atom stereocenters. The predicted molar refractivity (Wildman–Crippen MR) is 179 cm³/mol. The predicted octanol–water partition coefficient (Wildman–Crippen LogP) is 11.5. The van der Waals surface area contributed by atoms with E-state index in [1.807, 2.05) is 0 Å². The maximum Gasteiger partial charge on any atom is 0.258 e. The van der Waals surface area contributed by atoms with Crippen LogP contribution in [0.3, 0.4) is 0 Å². The van der Waals surface area contributed by atoms with E-state index in [9.17, 15) is 19.2 Å². The molecule has 224 valence electrons. The lowest BCUT2D eigenvalue weighted by atomic mass is 9.82. The van der Waals surface area contributed by atoms with Gasteiger partial charge in [0.05, 0.1) is 83.9 Å². The van der Waals surface area contributed by atoms with Crippen molar-refractivity contribution in [1.82, 2.24) is 0 Å². The van der Waals surface area contributed by atoms with Crippen LogP contribution in [0.2, 0.25) is 50.2 Å². The summed E-state index contributed by atoms with van der Waals surface area (Å²) in [5.41, 5.74) is -1.06. The Hall–Kier alpha value is -1.94. The smallest absolute Gasteiger partial charge is 0.258 e. The molecule has 2 N–H and O–H groups in total.